The van der Waals surface area contributed by atoms with Crippen molar-refractivity contribution >= 4 is 27.4 Å². The quantitative estimate of drug-likeness (QED) is 0.634. The molecular weight excluding hydrogens is 320 g/mol. The highest BCUT2D eigenvalue weighted by Gasteiger charge is 2.15. The maximum absolute atomic E-state index is 10.8. The number of hydrogen-bond acceptors (Lipinski definition) is 5. The number of benzene rings is 1. The Morgan fingerprint density at radius 2 is 1.95 bits per heavy atom. The molecule has 0 N–H and O–H groups in total. The van der Waals surface area contributed by atoms with E-state index in [2.05, 4.69) is 21.0 Å². The number of aromatic nitrogens is 2. The van der Waals surface area contributed by atoms with Gasteiger partial charge in [0.2, 0.25) is 0 Å². The van der Waals surface area contributed by atoms with Crippen LogP contribution in [0.5, 0.6) is 0 Å². The average Bonchev–Trinajstić information content (AvgIpc) is 2.80. The molecule has 0 aliphatic heterocycles. The molecule has 0 unspecified atom stereocenters. The van der Waals surface area contributed by atoms with Gasteiger partial charge >= 0.3 is 5.82 Å². The molecule has 0 atom stereocenters. The molecule has 0 saturated carbocycles. The molecule has 0 radical (unpaired) electrons. The molecule has 2 aromatic rings. The summed E-state index contributed by atoms with van der Waals surface area (Å²) in [4.78, 5) is 20.2. The predicted octanol–water partition coefficient (Wildman–Crippen LogP) is 2.51. The second-order valence-electron chi connectivity index (χ2n) is 3.67. The minimum atomic E-state index is -0.597. The summed E-state index contributed by atoms with van der Waals surface area (Å²) in [6.07, 6.45) is 1.45. The van der Waals surface area contributed by atoms with Crippen molar-refractivity contribution in [2.45, 2.75) is 6.54 Å². The number of halogens is 1. The van der Waals surface area contributed by atoms with Gasteiger partial charge in [0.1, 0.15) is 0 Å². The zero-order chi connectivity index (χ0) is 14.0. The molecule has 1 heterocycles. The third-order valence-corrected chi connectivity index (χ3v) is 3.04. The Morgan fingerprint density at radius 3 is 2.53 bits per heavy atom. The van der Waals surface area contributed by atoms with Crippen LogP contribution in [0.4, 0.5) is 11.5 Å². The number of hydrogen-bond donors (Lipinski definition) is 0. The Morgan fingerprint density at radius 1 is 1.21 bits per heavy atom. The fourth-order valence-electron chi connectivity index (χ4n) is 1.52. The summed E-state index contributed by atoms with van der Waals surface area (Å²) in [5.74, 6) is -0.258. The van der Waals surface area contributed by atoms with Gasteiger partial charge in [-0.05, 0) is 32.5 Å². The van der Waals surface area contributed by atoms with Gasteiger partial charge in [-0.25, -0.2) is 0 Å². The van der Waals surface area contributed by atoms with Crippen molar-refractivity contribution in [1.82, 2.24) is 9.78 Å². The highest BCUT2D eigenvalue weighted by Crippen LogP contribution is 2.26. The standard InChI is InChI=1S/C10H7BrN4O4/c11-8-2-1-7(5-9(8)14(16)17)6-13-4-3-10(12-13)15(18)19/h1-5H,6H2. The Bertz CT molecular complexity index is 655. The van der Waals surface area contributed by atoms with E-state index < -0.39 is 9.85 Å². The molecule has 2 rings (SSSR count). The lowest BCUT2D eigenvalue weighted by molar-refractivity contribution is -0.389. The molecule has 0 saturated heterocycles. The Kier molecular flexibility index (Phi) is 3.56. The van der Waals surface area contributed by atoms with Crippen LogP contribution in [-0.4, -0.2) is 19.6 Å². The summed E-state index contributed by atoms with van der Waals surface area (Å²) in [7, 11) is 0. The van der Waals surface area contributed by atoms with E-state index in [0.29, 0.717) is 10.0 Å². The molecule has 0 amide bonds. The summed E-state index contributed by atoms with van der Waals surface area (Å²) < 4.78 is 1.73. The van der Waals surface area contributed by atoms with E-state index in [9.17, 15) is 20.2 Å². The second-order valence-corrected chi connectivity index (χ2v) is 4.53. The molecule has 0 fully saturated rings. The van der Waals surface area contributed by atoms with Crippen LogP contribution in [0.3, 0.4) is 0 Å². The Hall–Kier alpha value is -2.29. The van der Waals surface area contributed by atoms with Crippen molar-refractivity contribution in [3.05, 3.63) is 60.7 Å². The van der Waals surface area contributed by atoms with Crippen molar-refractivity contribution in [2.24, 2.45) is 0 Å². The topological polar surface area (TPSA) is 104 Å². The molecule has 0 spiro atoms. The second kappa shape index (κ2) is 5.14. The molecule has 98 valence electrons. The summed E-state index contributed by atoms with van der Waals surface area (Å²) in [5, 5.41) is 25.0. The smallest absolute Gasteiger partial charge is 0.358 e. The fraction of sp³-hybridized carbons (Fsp3) is 0.100. The molecule has 0 aliphatic carbocycles. The molecular formula is C10H7BrN4O4. The van der Waals surface area contributed by atoms with Crippen LogP contribution in [0, 0.1) is 20.2 Å². The minimum Gasteiger partial charge on any atom is -0.358 e. The molecule has 1 aromatic heterocycles. The average molecular weight is 327 g/mol. The largest absolute Gasteiger partial charge is 0.389 e. The van der Waals surface area contributed by atoms with Crippen LogP contribution in [0.2, 0.25) is 0 Å². The van der Waals surface area contributed by atoms with E-state index in [4.69, 9.17) is 0 Å². The van der Waals surface area contributed by atoms with Crippen LogP contribution in [0.1, 0.15) is 5.56 Å². The molecule has 1 aromatic carbocycles. The summed E-state index contributed by atoms with van der Waals surface area (Å²) in [5.41, 5.74) is 0.576. The van der Waals surface area contributed by atoms with Gasteiger partial charge in [-0.1, -0.05) is 6.07 Å². The van der Waals surface area contributed by atoms with Gasteiger partial charge in [0.05, 0.1) is 33.3 Å². The fourth-order valence-corrected chi connectivity index (χ4v) is 1.91. The summed E-state index contributed by atoms with van der Waals surface area (Å²) in [6, 6.07) is 5.92. The minimum absolute atomic E-state index is 0.0563. The van der Waals surface area contributed by atoms with Gasteiger partial charge < -0.3 is 10.1 Å². The van der Waals surface area contributed by atoms with E-state index >= 15 is 0 Å². The number of nitro benzene ring substituents is 1. The van der Waals surface area contributed by atoms with Crippen LogP contribution < -0.4 is 0 Å². The first-order chi connectivity index (χ1) is 8.97. The van der Waals surface area contributed by atoms with E-state index in [1.807, 2.05) is 0 Å². The van der Waals surface area contributed by atoms with Gasteiger partial charge in [-0.3, -0.25) is 10.1 Å². The monoisotopic (exact) mass is 326 g/mol. The van der Waals surface area contributed by atoms with Gasteiger partial charge in [0.25, 0.3) is 5.69 Å². The molecule has 0 aliphatic rings. The first-order valence-electron chi connectivity index (χ1n) is 5.08. The van der Waals surface area contributed by atoms with Crippen molar-refractivity contribution in [2.75, 3.05) is 0 Å². The third-order valence-electron chi connectivity index (χ3n) is 2.37. The molecule has 0 bridgehead atoms. The molecule has 19 heavy (non-hydrogen) atoms. The first-order valence-corrected chi connectivity index (χ1v) is 5.87. The van der Waals surface area contributed by atoms with Gasteiger partial charge in [-0.2, -0.15) is 4.68 Å². The SMILES string of the molecule is O=[N+]([O-])c1ccn(Cc2ccc(Br)c([N+](=O)[O-])c2)n1. The summed E-state index contributed by atoms with van der Waals surface area (Å²) >= 11 is 3.09. The zero-order valence-corrected chi connectivity index (χ0v) is 11.0. The lowest BCUT2D eigenvalue weighted by atomic mass is 10.2. The number of nitro groups is 2. The lowest BCUT2D eigenvalue weighted by Crippen LogP contribution is -2.02. The number of nitrogens with zero attached hydrogens (tertiary/aromatic N) is 4. The van der Waals surface area contributed by atoms with Crippen LogP contribution in [-0.2, 0) is 6.54 Å². The van der Waals surface area contributed by atoms with Crippen molar-refractivity contribution in [1.29, 1.82) is 0 Å². The number of rotatable bonds is 4. The maximum atomic E-state index is 10.8. The van der Waals surface area contributed by atoms with E-state index in [0.717, 1.165) is 0 Å². The van der Waals surface area contributed by atoms with E-state index in [1.54, 1.807) is 12.1 Å². The van der Waals surface area contributed by atoms with E-state index in [1.165, 1.54) is 23.0 Å². The Balaban J connectivity index is 2.25. The van der Waals surface area contributed by atoms with Crippen molar-refractivity contribution < 1.29 is 9.85 Å². The van der Waals surface area contributed by atoms with Gasteiger partial charge in [0, 0.05) is 6.07 Å². The van der Waals surface area contributed by atoms with Gasteiger partial charge in [0.15, 0.2) is 0 Å². The van der Waals surface area contributed by atoms with Crippen molar-refractivity contribution in [3.63, 3.8) is 0 Å². The van der Waals surface area contributed by atoms with Crippen LogP contribution in [0.25, 0.3) is 0 Å². The highest BCUT2D eigenvalue weighted by atomic mass is 79.9. The summed E-state index contributed by atoms with van der Waals surface area (Å²) in [6.45, 7) is 0.224. The lowest BCUT2D eigenvalue weighted by Gasteiger charge is -2.00. The van der Waals surface area contributed by atoms with Crippen LogP contribution >= 0.6 is 15.9 Å². The first kappa shape index (κ1) is 13.1. The molecule has 8 nitrogen and oxygen atoms in total. The molecule has 9 heteroatoms. The maximum Gasteiger partial charge on any atom is 0.389 e. The third kappa shape index (κ3) is 2.94. The zero-order valence-electron chi connectivity index (χ0n) is 9.39. The van der Waals surface area contributed by atoms with E-state index in [-0.39, 0.29) is 18.1 Å². The Labute approximate surface area is 115 Å². The van der Waals surface area contributed by atoms with Crippen molar-refractivity contribution in [3.8, 4) is 0 Å². The predicted molar refractivity (Wildman–Crippen MR) is 68.8 cm³/mol. The highest BCUT2D eigenvalue weighted by molar-refractivity contribution is 9.10. The normalized spacial score (nSPS) is 10.4. The van der Waals surface area contributed by atoms with Crippen LogP contribution in [0.15, 0.2) is 34.9 Å². The van der Waals surface area contributed by atoms with Gasteiger partial charge in [-0.15, -0.1) is 0 Å².